The van der Waals surface area contributed by atoms with Crippen LogP contribution in [0.15, 0.2) is 42.7 Å². The first kappa shape index (κ1) is 25.0. The van der Waals surface area contributed by atoms with Crippen molar-refractivity contribution >= 4 is 11.7 Å². The van der Waals surface area contributed by atoms with E-state index in [0.29, 0.717) is 32.2 Å². The Morgan fingerprint density at radius 1 is 1.00 bits per heavy atom. The van der Waals surface area contributed by atoms with Crippen LogP contribution in [0, 0.1) is 0 Å². The summed E-state index contributed by atoms with van der Waals surface area (Å²) in [5.74, 6) is -1.23. The number of carbonyl (C=O) groups is 1. The number of β-amino-alcohol motifs (C(OH)–C–C–N with tert-alkyl or cyclic N) is 1. The van der Waals surface area contributed by atoms with Crippen LogP contribution in [0.3, 0.4) is 0 Å². The summed E-state index contributed by atoms with van der Waals surface area (Å²) in [4.78, 5) is 26.2. The normalized spacial score (nSPS) is 28.1. The first-order valence-electron chi connectivity index (χ1n) is 12.4. The highest BCUT2D eigenvalue weighted by atomic mass is 19.4. The summed E-state index contributed by atoms with van der Waals surface area (Å²) in [7, 11) is 4.15. The van der Waals surface area contributed by atoms with E-state index < -0.39 is 23.1 Å². The van der Waals surface area contributed by atoms with Crippen LogP contribution in [0.1, 0.15) is 56.3 Å². The van der Waals surface area contributed by atoms with E-state index >= 15 is 0 Å². The number of hydrogen-bond donors (Lipinski definition) is 1. The molecule has 7 nitrogen and oxygen atoms in total. The number of hydrogen-bond acceptors (Lipinski definition) is 5. The lowest BCUT2D eigenvalue weighted by Gasteiger charge is -2.52. The predicted molar refractivity (Wildman–Crippen MR) is 128 cm³/mol. The summed E-state index contributed by atoms with van der Waals surface area (Å²) in [5, 5.41) is 11.0. The maximum Gasteiger partial charge on any atom is 0.451 e. The largest absolute Gasteiger partial charge is 0.451 e. The van der Waals surface area contributed by atoms with Gasteiger partial charge >= 0.3 is 12.2 Å². The number of halogens is 3. The fourth-order valence-electron chi connectivity index (χ4n) is 6.18. The molecule has 3 aliphatic rings. The summed E-state index contributed by atoms with van der Waals surface area (Å²) in [5.41, 5.74) is -0.154. The van der Waals surface area contributed by atoms with Crippen LogP contribution in [0.4, 0.5) is 23.7 Å². The van der Waals surface area contributed by atoms with Gasteiger partial charge < -0.3 is 10.0 Å². The van der Waals surface area contributed by atoms with Crippen LogP contribution in [0.2, 0.25) is 0 Å². The van der Waals surface area contributed by atoms with Gasteiger partial charge in [-0.3, -0.25) is 9.80 Å². The van der Waals surface area contributed by atoms with Crippen LogP contribution >= 0.6 is 0 Å². The number of anilines is 1. The van der Waals surface area contributed by atoms with E-state index in [9.17, 15) is 23.1 Å². The average molecular weight is 504 g/mol. The second kappa shape index (κ2) is 8.69. The maximum absolute atomic E-state index is 13.7. The molecular weight excluding hydrogens is 471 g/mol. The summed E-state index contributed by atoms with van der Waals surface area (Å²) in [6.45, 7) is 0.555. The molecular formula is C26H32F3N5O2. The molecule has 36 heavy (non-hydrogen) atoms. The van der Waals surface area contributed by atoms with E-state index in [-0.39, 0.29) is 23.8 Å². The summed E-state index contributed by atoms with van der Waals surface area (Å²) < 4.78 is 39.0. The summed E-state index contributed by atoms with van der Waals surface area (Å²) >= 11 is 0. The Morgan fingerprint density at radius 3 is 2.11 bits per heavy atom. The average Bonchev–Trinajstić information content (AvgIpc) is 3.10. The molecule has 1 N–H and O–H groups in total. The highest BCUT2D eigenvalue weighted by molar-refractivity contribution is 5.95. The van der Waals surface area contributed by atoms with Crippen molar-refractivity contribution in [1.82, 2.24) is 19.8 Å². The zero-order chi connectivity index (χ0) is 25.8. The van der Waals surface area contributed by atoms with Crippen molar-refractivity contribution in [1.29, 1.82) is 0 Å². The Morgan fingerprint density at radius 2 is 1.61 bits per heavy atom. The Labute approximate surface area is 208 Å². The van der Waals surface area contributed by atoms with Gasteiger partial charge in [-0.05, 0) is 64.6 Å². The fourth-order valence-corrected chi connectivity index (χ4v) is 6.18. The number of benzene rings is 1. The van der Waals surface area contributed by atoms with Gasteiger partial charge in [-0.2, -0.15) is 13.2 Å². The maximum atomic E-state index is 13.7. The number of urea groups is 1. The number of alkyl halides is 3. The van der Waals surface area contributed by atoms with Crippen LogP contribution < -0.4 is 4.90 Å². The van der Waals surface area contributed by atoms with Crippen LogP contribution in [-0.4, -0.2) is 69.2 Å². The molecule has 1 aromatic carbocycles. The van der Waals surface area contributed by atoms with Crippen molar-refractivity contribution in [2.75, 3.05) is 32.1 Å². The van der Waals surface area contributed by atoms with E-state index in [0.717, 1.165) is 31.7 Å². The van der Waals surface area contributed by atoms with Crippen molar-refractivity contribution in [2.24, 2.45) is 0 Å². The minimum absolute atomic E-state index is 0.181. The van der Waals surface area contributed by atoms with Gasteiger partial charge in [-0.15, -0.1) is 0 Å². The minimum atomic E-state index is -4.65. The molecule has 2 aromatic rings. The van der Waals surface area contributed by atoms with E-state index in [1.54, 1.807) is 4.90 Å². The number of nitrogens with zero attached hydrogens (tertiary/aromatic N) is 5. The third-order valence-corrected chi connectivity index (χ3v) is 8.60. The number of amides is 2. The van der Waals surface area contributed by atoms with Gasteiger partial charge in [0, 0.05) is 5.54 Å². The van der Waals surface area contributed by atoms with E-state index in [2.05, 4.69) is 41.1 Å². The van der Waals surface area contributed by atoms with Crippen molar-refractivity contribution in [2.45, 2.75) is 67.8 Å². The van der Waals surface area contributed by atoms with Gasteiger partial charge in [0.1, 0.15) is 0 Å². The lowest BCUT2D eigenvalue weighted by atomic mass is 9.67. The molecule has 2 heterocycles. The smallest absolute Gasteiger partial charge is 0.388 e. The van der Waals surface area contributed by atoms with Crippen molar-refractivity contribution in [3.63, 3.8) is 0 Å². The standard InChI is InChI=1S/C26H32F3N5O2/c1-32(2)25(19-7-4-3-5-8-19)13-11-23(12-14-25)17-33(20-15-30-21(31-16-20)26(27,28)29)22(35)34(23)18-24(36)9-6-10-24/h3-5,7-8,15-16,36H,6,9-14,17-18H2,1-2H3/t23-,25-. The molecule has 2 saturated carbocycles. The third-order valence-electron chi connectivity index (χ3n) is 8.60. The quantitative estimate of drug-likeness (QED) is 0.654. The summed E-state index contributed by atoms with van der Waals surface area (Å²) in [6.07, 6.45) is 2.72. The molecule has 0 atom stereocenters. The predicted octanol–water partition coefficient (Wildman–Crippen LogP) is 4.42. The van der Waals surface area contributed by atoms with Crippen LogP contribution in [0.25, 0.3) is 0 Å². The van der Waals surface area contributed by atoms with Gasteiger partial charge in [-0.25, -0.2) is 14.8 Å². The molecule has 1 saturated heterocycles. The second-order valence-electron chi connectivity index (χ2n) is 10.8. The molecule has 2 amide bonds. The summed E-state index contributed by atoms with van der Waals surface area (Å²) in [6, 6.07) is 10.0. The number of aliphatic hydroxyl groups is 1. The van der Waals surface area contributed by atoms with Gasteiger partial charge in [0.05, 0.1) is 42.3 Å². The molecule has 5 rings (SSSR count). The number of aromatic nitrogens is 2. The highest BCUT2D eigenvalue weighted by Gasteiger charge is 2.57. The van der Waals surface area contributed by atoms with Crippen molar-refractivity contribution < 1.29 is 23.1 Å². The topological polar surface area (TPSA) is 72.8 Å². The molecule has 3 fully saturated rings. The van der Waals surface area contributed by atoms with E-state index in [4.69, 9.17) is 0 Å². The van der Waals surface area contributed by atoms with Crippen LogP contribution in [-0.2, 0) is 11.7 Å². The fraction of sp³-hybridized carbons (Fsp3) is 0.577. The third kappa shape index (κ3) is 4.14. The Kier molecular flexibility index (Phi) is 6.02. The molecule has 0 bridgehead atoms. The first-order valence-corrected chi connectivity index (χ1v) is 12.4. The Balaban J connectivity index is 1.45. The van der Waals surface area contributed by atoms with E-state index in [1.165, 1.54) is 10.5 Å². The second-order valence-corrected chi connectivity index (χ2v) is 10.8. The lowest BCUT2D eigenvalue weighted by molar-refractivity contribution is -0.144. The van der Waals surface area contributed by atoms with Gasteiger partial charge in [-0.1, -0.05) is 30.3 Å². The van der Waals surface area contributed by atoms with Gasteiger partial charge in [0.15, 0.2) is 0 Å². The van der Waals surface area contributed by atoms with E-state index in [1.807, 2.05) is 18.2 Å². The zero-order valence-corrected chi connectivity index (χ0v) is 20.6. The molecule has 0 unspecified atom stereocenters. The first-order chi connectivity index (χ1) is 17.0. The molecule has 1 aromatic heterocycles. The molecule has 2 aliphatic carbocycles. The Hall–Kier alpha value is -2.72. The highest BCUT2D eigenvalue weighted by Crippen LogP contribution is 2.50. The number of rotatable bonds is 5. The van der Waals surface area contributed by atoms with Crippen molar-refractivity contribution in [3.8, 4) is 0 Å². The molecule has 0 radical (unpaired) electrons. The molecule has 1 spiro atoms. The zero-order valence-electron chi connectivity index (χ0n) is 20.6. The monoisotopic (exact) mass is 503 g/mol. The van der Waals surface area contributed by atoms with Crippen LogP contribution in [0.5, 0.6) is 0 Å². The Bertz CT molecular complexity index is 1090. The number of carbonyl (C=O) groups excluding carboxylic acids is 1. The molecule has 10 heteroatoms. The van der Waals surface area contributed by atoms with Gasteiger partial charge in [0.25, 0.3) is 0 Å². The van der Waals surface area contributed by atoms with Crippen molar-refractivity contribution in [3.05, 3.63) is 54.1 Å². The van der Waals surface area contributed by atoms with Gasteiger partial charge in [0.2, 0.25) is 5.82 Å². The molecule has 194 valence electrons. The lowest BCUT2D eigenvalue weighted by Crippen LogP contribution is -2.59. The minimum Gasteiger partial charge on any atom is -0.388 e. The molecule has 1 aliphatic heterocycles. The SMILES string of the molecule is CN(C)[C@]1(c2ccccc2)CC[C@@]2(CC1)CN(c1cnc(C(F)(F)F)nc1)C(=O)N2CC1(O)CCC1.